The SMILES string of the molecule is C[N-]Cc1cc(OCCCOC)c2ccccc2c1.[Y]. The third kappa shape index (κ3) is 4.81. The van der Waals surface area contributed by atoms with Gasteiger partial charge in [0.1, 0.15) is 5.75 Å². The fourth-order valence-corrected chi connectivity index (χ4v) is 2.11. The molecule has 105 valence electrons. The Hall–Kier alpha value is -0.476. The molecule has 0 N–H and O–H groups in total. The van der Waals surface area contributed by atoms with Crippen LogP contribution in [0.2, 0.25) is 0 Å². The van der Waals surface area contributed by atoms with Crippen molar-refractivity contribution >= 4 is 10.8 Å². The van der Waals surface area contributed by atoms with Crippen molar-refractivity contribution in [2.45, 2.75) is 13.0 Å². The summed E-state index contributed by atoms with van der Waals surface area (Å²) in [5, 5.41) is 6.54. The van der Waals surface area contributed by atoms with Crippen molar-refractivity contribution in [1.29, 1.82) is 0 Å². The molecule has 2 aromatic rings. The molecule has 0 bridgehead atoms. The molecule has 0 unspecified atom stereocenters. The summed E-state index contributed by atoms with van der Waals surface area (Å²) in [6.45, 7) is 2.12. The molecule has 0 atom stereocenters. The van der Waals surface area contributed by atoms with E-state index in [0.29, 0.717) is 6.61 Å². The monoisotopic (exact) mass is 347 g/mol. The van der Waals surface area contributed by atoms with Crippen LogP contribution < -0.4 is 4.74 Å². The topological polar surface area (TPSA) is 32.6 Å². The van der Waals surface area contributed by atoms with Gasteiger partial charge in [-0.1, -0.05) is 35.9 Å². The minimum Gasteiger partial charge on any atom is -0.661 e. The molecule has 2 rings (SSSR count). The largest absolute Gasteiger partial charge is 0.661 e. The molecule has 0 saturated heterocycles. The molecule has 20 heavy (non-hydrogen) atoms. The van der Waals surface area contributed by atoms with Crippen molar-refractivity contribution in [3.8, 4) is 5.75 Å². The van der Waals surface area contributed by atoms with Crippen molar-refractivity contribution < 1.29 is 42.2 Å². The molecule has 0 amide bonds. The van der Waals surface area contributed by atoms with Crippen molar-refractivity contribution in [2.24, 2.45) is 0 Å². The maximum atomic E-state index is 5.89. The minimum atomic E-state index is 0. The molecule has 0 aromatic heterocycles. The predicted octanol–water partition coefficient (Wildman–Crippen LogP) is 3.76. The van der Waals surface area contributed by atoms with Crippen molar-refractivity contribution in [3.63, 3.8) is 0 Å². The molecule has 4 heteroatoms. The van der Waals surface area contributed by atoms with Gasteiger partial charge >= 0.3 is 0 Å². The Balaban J connectivity index is 0.00000200. The molecular formula is C16H20NO2Y-. The van der Waals surface area contributed by atoms with Crippen molar-refractivity contribution in [1.82, 2.24) is 0 Å². The summed E-state index contributed by atoms with van der Waals surface area (Å²) < 4.78 is 10.9. The van der Waals surface area contributed by atoms with Crippen molar-refractivity contribution in [2.75, 3.05) is 27.4 Å². The third-order valence-corrected chi connectivity index (χ3v) is 2.97. The Morgan fingerprint density at radius 3 is 2.65 bits per heavy atom. The number of hydrogen-bond donors (Lipinski definition) is 0. The molecule has 0 aliphatic carbocycles. The molecule has 0 fully saturated rings. The maximum Gasteiger partial charge on any atom is 0.127 e. The van der Waals surface area contributed by atoms with Crippen LogP contribution in [-0.4, -0.2) is 27.4 Å². The molecule has 0 aliphatic heterocycles. The van der Waals surface area contributed by atoms with Gasteiger partial charge < -0.3 is 14.8 Å². The zero-order chi connectivity index (χ0) is 13.5. The Morgan fingerprint density at radius 1 is 1.10 bits per heavy atom. The van der Waals surface area contributed by atoms with Gasteiger partial charge in [0, 0.05) is 58.2 Å². The van der Waals surface area contributed by atoms with Gasteiger partial charge in [0.15, 0.2) is 0 Å². The van der Waals surface area contributed by atoms with Gasteiger partial charge in [-0.05, 0) is 11.5 Å². The summed E-state index contributed by atoms with van der Waals surface area (Å²) >= 11 is 0. The van der Waals surface area contributed by atoms with E-state index in [-0.39, 0.29) is 32.7 Å². The van der Waals surface area contributed by atoms with Crippen LogP contribution in [0.25, 0.3) is 16.1 Å². The van der Waals surface area contributed by atoms with Crippen LogP contribution in [0.3, 0.4) is 0 Å². The van der Waals surface area contributed by atoms with Crippen LogP contribution in [0.1, 0.15) is 12.0 Å². The fraction of sp³-hybridized carbons (Fsp3) is 0.375. The number of ether oxygens (including phenoxy) is 2. The van der Waals surface area contributed by atoms with Crippen LogP contribution in [0.5, 0.6) is 5.75 Å². The van der Waals surface area contributed by atoms with Gasteiger partial charge in [-0.2, -0.15) is 7.05 Å². The molecule has 0 saturated carbocycles. The van der Waals surface area contributed by atoms with Crippen LogP contribution >= 0.6 is 0 Å². The molecule has 1 radical (unpaired) electrons. The van der Waals surface area contributed by atoms with Crippen LogP contribution in [0.4, 0.5) is 0 Å². The Morgan fingerprint density at radius 2 is 1.90 bits per heavy atom. The first-order chi connectivity index (χ1) is 9.35. The Kier molecular flexibility index (Phi) is 8.31. The fourth-order valence-electron chi connectivity index (χ4n) is 2.11. The van der Waals surface area contributed by atoms with Gasteiger partial charge in [0.2, 0.25) is 0 Å². The average Bonchev–Trinajstić information content (AvgIpc) is 2.44. The number of methoxy groups -OCH3 is 1. The first-order valence-electron chi connectivity index (χ1n) is 6.54. The second-order valence-corrected chi connectivity index (χ2v) is 4.48. The number of fused-ring (bicyclic) bond motifs is 1. The smallest absolute Gasteiger partial charge is 0.127 e. The van der Waals surface area contributed by atoms with E-state index in [1.54, 1.807) is 7.11 Å². The van der Waals surface area contributed by atoms with Gasteiger partial charge in [0.05, 0.1) is 6.61 Å². The summed E-state index contributed by atoms with van der Waals surface area (Å²) in [6.07, 6.45) is 0.896. The van der Waals surface area contributed by atoms with Gasteiger partial charge in [-0.3, -0.25) is 0 Å². The van der Waals surface area contributed by atoms with Gasteiger partial charge in [-0.25, -0.2) is 0 Å². The normalized spacial score (nSPS) is 10.3. The number of hydrogen-bond acceptors (Lipinski definition) is 2. The predicted molar refractivity (Wildman–Crippen MR) is 78.9 cm³/mol. The second-order valence-electron chi connectivity index (χ2n) is 4.48. The van der Waals surface area contributed by atoms with E-state index >= 15 is 0 Å². The van der Waals surface area contributed by atoms with Gasteiger partial charge in [0.25, 0.3) is 0 Å². The summed E-state index contributed by atoms with van der Waals surface area (Å²) in [4.78, 5) is 0. The zero-order valence-electron chi connectivity index (χ0n) is 12.1. The van der Waals surface area contributed by atoms with Crippen LogP contribution in [0, 0.1) is 0 Å². The van der Waals surface area contributed by atoms with E-state index in [0.717, 1.165) is 30.7 Å². The molecule has 2 aromatic carbocycles. The molecule has 0 spiro atoms. The van der Waals surface area contributed by atoms with E-state index < -0.39 is 0 Å². The third-order valence-electron chi connectivity index (χ3n) is 2.97. The molecule has 0 heterocycles. The zero-order valence-corrected chi connectivity index (χ0v) is 15.0. The molecule has 0 aliphatic rings. The molecular weight excluding hydrogens is 327 g/mol. The van der Waals surface area contributed by atoms with E-state index in [1.165, 1.54) is 10.9 Å². The van der Waals surface area contributed by atoms with Crippen molar-refractivity contribution in [3.05, 3.63) is 47.3 Å². The van der Waals surface area contributed by atoms with E-state index in [2.05, 4.69) is 29.6 Å². The first kappa shape index (κ1) is 17.6. The summed E-state index contributed by atoms with van der Waals surface area (Å²) in [5.41, 5.74) is 1.18. The first-order valence-corrected chi connectivity index (χ1v) is 6.54. The van der Waals surface area contributed by atoms with Crippen LogP contribution in [0.15, 0.2) is 36.4 Å². The maximum absolute atomic E-state index is 5.89. The van der Waals surface area contributed by atoms with Crippen LogP contribution in [-0.2, 0) is 44.0 Å². The van der Waals surface area contributed by atoms with Gasteiger partial charge in [-0.15, -0.1) is 6.54 Å². The van der Waals surface area contributed by atoms with E-state index in [4.69, 9.17) is 9.47 Å². The number of rotatable bonds is 7. The summed E-state index contributed by atoms with van der Waals surface area (Å²) in [5.74, 6) is 0.938. The second kappa shape index (κ2) is 9.46. The minimum absolute atomic E-state index is 0. The number of benzene rings is 2. The Bertz CT molecular complexity index is 531. The standard InChI is InChI=1S/C16H20NO2.Y/c1-17-12-13-10-14-6-3-4-7-15(14)16(11-13)19-9-5-8-18-2;/h3-4,6-7,10-11H,5,8-9,12H2,1-2H3;/q-1;. The quantitative estimate of drug-likeness (QED) is 0.715. The summed E-state index contributed by atoms with van der Waals surface area (Å²) in [6, 6.07) is 12.5. The summed E-state index contributed by atoms with van der Waals surface area (Å²) in [7, 11) is 3.53. The van der Waals surface area contributed by atoms with E-state index in [1.807, 2.05) is 19.2 Å². The Labute approximate surface area is 145 Å². The molecule has 3 nitrogen and oxygen atoms in total. The number of nitrogens with zero attached hydrogens (tertiary/aromatic N) is 1. The van der Waals surface area contributed by atoms with E-state index in [9.17, 15) is 0 Å². The average molecular weight is 347 g/mol.